The van der Waals surface area contributed by atoms with E-state index < -0.39 is 8.80 Å². The minimum atomic E-state index is -2.46. The lowest BCUT2D eigenvalue weighted by atomic mass is 9.88. The molecular weight excluding hydrogens is 244 g/mol. The molecule has 0 aromatic carbocycles. The fourth-order valence-electron chi connectivity index (χ4n) is 2.75. The monoisotopic (exact) mass is 276 g/mol. The maximum atomic E-state index is 6.49. The second-order valence-corrected chi connectivity index (χ2v) is 8.07. The van der Waals surface area contributed by atoms with E-state index in [-0.39, 0.29) is 5.60 Å². The largest absolute Gasteiger partial charge is 0.500 e. The van der Waals surface area contributed by atoms with Crippen LogP contribution in [0.3, 0.4) is 0 Å². The maximum Gasteiger partial charge on any atom is 0.500 e. The van der Waals surface area contributed by atoms with Gasteiger partial charge in [0.25, 0.3) is 0 Å². The summed E-state index contributed by atoms with van der Waals surface area (Å²) in [7, 11) is 0.968. The normalized spacial score (nSPS) is 13.0. The standard InChI is InChI=1S/C14H32O3Si/c1-7-11-14(12-8-2,13-9-3)17-18(10-4,15-5)16-6/h7-13H2,1-6H3. The van der Waals surface area contributed by atoms with Crippen LogP contribution in [0.15, 0.2) is 0 Å². The molecule has 0 heterocycles. The molecule has 3 nitrogen and oxygen atoms in total. The Morgan fingerprint density at radius 1 is 0.778 bits per heavy atom. The minimum Gasteiger partial charge on any atom is -0.377 e. The number of hydrogen-bond acceptors (Lipinski definition) is 3. The fraction of sp³-hybridized carbons (Fsp3) is 1.00. The van der Waals surface area contributed by atoms with Crippen molar-refractivity contribution in [2.24, 2.45) is 0 Å². The second-order valence-electron chi connectivity index (χ2n) is 4.98. The third kappa shape index (κ3) is 5.00. The summed E-state index contributed by atoms with van der Waals surface area (Å²) >= 11 is 0. The molecular formula is C14H32O3Si. The van der Waals surface area contributed by atoms with Gasteiger partial charge in [0.2, 0.25) is 0 Å². The summed E-state index contributed by atoms with van der Waals surface area (Å²) in [6.45, 7) is 8.75. The van der Waals surface area contributed by atoms with Gasteiger partial charge in [0, 0.05) is 20.3 Å². The Hall–Kier alpha value is 0.0969. The highest BCUT2D eigenvalue weighted by atomic mass is 28.4. The predicted molar refractivity (Wildman–Crippen MR) is 78.8 cm³/mol. The van der Waals surface area contributed by atoms with Gasteiger partial charge in [-0.15, -0.1) is 0 Å². The molecule has 0 aliphatic rings. The molecule has 0 aliphatic carbocycles. The molecule has 0 amide bonds. The molecule has 4 heteroatoms. The molecule has 0 aliphatic heterocycles. The Balaban J connectivity index is 5.02. The molecule has 110 valence electrons. The van der Waals surface area contributed by atoms with Gasteiger partial charge >= 0.3 is 8.80 Å². The molecule has 0 saturated carbocycles. The summed E-state index contributed by atoms with van der Waals surface area (Å²) in [6, 6.07) is 0.832. The summed E-state index contributed by atoms with van der Waals surface area (Å²) in [5.74, 6) is 0. The summed E-state index contributed by atoms with van der Waals surface area (Å²) in [6.07, 6.45) is 6.70. The zero-order chi connectivity index (χ0) is 14.1. The van der Waals surface area contributed by atoms with Gasteiger partial charge in [-0.05, 0) is 19.3 Å². The zero-order valence-electron chi connectivity index (χ0n) is 13.2. The first-order chi connectivity index (χ1) is 8.57. The van der Waals surface area contributed by atoms with Crippen molar-refractivity contribution in [1.29, 1.82) is 0 Å². The highest BCUT2D eigenvalue weighted by Crippen LogP contribution is 2.34. The molecule has 0 radical (unpaired) electrons. The van der Waals surface area contributed by atoms with Crippen molar-refractivity contribution in [3.8, 4) is 0 Å². The van der Waals surface area contributed by atoms with E-state index >= 15 is 0 Å². The van der Waals surface area contributed by atoms with Crippen LogP contribution >= 0.6 is 0 Å². The SMILES string of the molecule is CCCC(CCC)(CCC)O[Si](CC)(OC)OC. The van der Waals surface area contributed by atoms with Crippen molar-refractivity contribution in [2.75, 3.05) is 14.2 Å². The van der Waals surface area contributed by atoms with Crippen LogP contribution < -0.4 is 0 Å². The first-order valence-electron chi connectivity index (χ1n) is 7.38. The van der Waals surface area contributed by atoms with E-state index in [9.17, 15) is 0 Å². The van der Waals surface area contributed by atoms with Crippen LogP contribution in [-0.2, 0) is 13.3 Å². The average molecular weight is 276 g/mol. The topological polar surface area (TPSA) is 27.7 Å². The molecule has 0 fully saturated rings. The molecule has 0 atom stereocenters. The van der Waals surface area contributed by atoms with Crippen LogP contribution in [-0.4, -0.2) is 28.6 Å². The Kier molecular flexibility index (Phi) is 9.12. The summed E-state index contributed by atoms with van der Waals surface area (Å²) < 4.78 is 17.7. The third-order valence-corrected chi connectivity index (χ3v) is 6.40. The first-order valence-corrected chi connectivity index (χ1v) is 9.31. The average Bonchev–Trinajstić information content (AvgIpc) is 2.37. The second kappa shape index (κ2) is 9.07. The van der Waals surface area contributed by atoms with Gasteiger partial charge in [-0.1, -0.05) is 47.0 Å². The number of rotatable bonds is 11. The highest BCUT2D eigenvalue weighted by molar-refractivity contribution is 6.60. The van der Waals surface area contributed by atoms with Crippen molar-refractivity contribution in [2.45, 2.75) is 77.9 Å². The Bertz CT molecular complexity index is 180. The Morgan fingerprint density at radius 2 is 1.17 bits per heavy atom. The van der Waals surface area contributed by atoms with Gasteiger partial charge in [0.05, 0.1) is 5.60 Å². The fourth-order valence-corrected chi connectivity index (χ4v) is 4.77. The molecule has 0 spiro atoms. The molecule has 0 aromatic rings. The van der Waals surface area contributed by atoms with E-state index in [1.807, 2.05) is 0 Å². The molecule has 0 rings (SSSR count). The van der Waals surface area contributed by atoms with Gasteiger partial charge in [-0.25, -0.2) is 0 Å². The summed E-state index contributed by atoms with van der Waals surface area (Å²) in [4.78, 5) is 0. The Morgan fingerprint density at radius 3 is 1.39 bits per heavy atom. The van der Waals surface area contributed by atoms with E-state index in [1.54, 1.807) is 14.2 Å². The van der Waals surface area contributed by atoms with Gasteiger partial charge in [0.1, 0.15) is 0 Å². The molecule has 0 bridgehead atoms. The van der Waals surface area contributed by atoms with Crippen molar-refractivity contribution in [1.82, 2.24) is 0 Å². The van der Waals surface area contributed by atoms with Crippen LogP contribution in [0.5, 0.6) is 0 Å². The molecule has 0 saturated heterocycles. The highest BCUT2D eigenvalue weighted by Gasteiger charge is 2.44. The lowest BCUT2D eigenvalue weighted by molar-refractivity contribution is -0.0350. The van der Waals surface area contributed by atoms with Gasteiger partial charge in [-0.2, -0.15) is 0 Å². The third-order valence-electron chi connectivity index (χ3n) is 3.54. The van der Waals surface area contributed by atoms with E-state index in [4.69, 9.17) is 13.3 Å². The first kappa shape index (κ1) is 18.1. The summed E-state index contributed by atoms with van der Waals surface area (Å²) in [5, 5.41) is 0. The van der Waals surface area contributed by atoms with E-state index in [2.05, 4.69) is 27.7 Å². The van der Waals surface area contributed by atoms with Gasteiger partial charge in [-0.3, -0.25) is 0 Å². The van der Waals surface area contributed by atoms with E-state index in [0.29, 0.717) is 0 Å². The van der Waals surface area contributed by atoms with E-state index in [0.717, 1.165) is 44.6 Å². The lowest BCUT2D eigenvalue weighted by Gasteiger charge is -2.40. The lowest BCUT2D eigenvalue weighted by Crippen LogP contribution is -2.51. The molecule has 0 unspecified atom stereocenters. The van der Waals surface area contributed by atoms with Crippen molar-refractivity contribution >= 4 is 8.80 Å². The zero-order valence-corrected chi connectivity index (χ0v) is 14.2. The van der Waals surface area contributed by atoms with Crippen molar-refractivity contribution in [3.63, 3.8) is 0 Å². The maximum absolute atomic E-state index is 6.49. The quantitative estimate of drug-likeness (QED) is 0.524. The predicted octanol–water partition coefficient (Wildman–Crippen LogP) is 4.39. The van der Waals surface area contributed by atoms with Crippen LogP contribution in [0.2, 0.25) is 6.04 Å². The van der Waals surface area contributed by atoms with Crippen LogP contribution in [0.25, 0.3) is 0 Å². The van der Waals surface area contributed by atoms with Crippen LogP contribution in [0.4, 0.5) is 0 Å². The molecule has 0 N–H and O–H groups in total. The molecule has 18 heavy (non-hydrogen) atoms. The smallest absolute Gasteiger partial charge is 0.377 e. The minimum absolute atomic E-state index is 0.0491. The number of hydrogen-bond donors (Lipinski definition) is 0. The summed E-state index contributed by atoms with van der Waals surface area (Å²) in [5.41, 5.74) is -0.0491. The van der Waals surface area contributed by atoms with Crippen molar-refractivity contribution in [3.05, 3.63) is 0 Å². The van der Waals surface area contributed by atoms with Crippen LogP contribution in [0.1, 0.15) is 66.2 Å². The molecule has 0 aromatic heterocycles. The Labute approximate surface area is 115 Å². The van der Waals surface area contributed by atoms with Crippen LogP contribution in [0, 0.1) is 0 Å². The van der Waals surface area contributed by atoms with Crippen molar-refractivity contribution < 1.29 is 13.3 Å². The van der Waals surface area contributed by atoms with Gasteiger partial charge < -0.3 is 13.3 Å². The van der Waals surface area contributed by atoms with E-state index in [1.165, 1.54) is 0 Å². The van der Waals surface area contributed by atoms with Gasteiger partial charge in [0.15, 0.2) is 0 Å².